The van der Waals surface area contributed by atoms with E-state index >= 15 is 0 Å². The molecule has 0 aliphatic heterocycles. The van der Waals surface area contributed by atoms with Gasteiger partial charge in [0.1, 0.15) is 5.75 Å². The molecule has 0 spiro atoms. The summed E-state index contributed by atoms with van der Waals surface area (Å²) < 4.78 is 11.7. The molecule has 0 saturated heterocycles. The SMILES string of the molecule is CN=C(NCc1cc(Br)ccc1OC)NCC1(CCOC)CCC1. The second-order valence-electron chi connectivity index (χ2n) is 6.33. The number of methoxy groups -OCH3 is 2. The third kappa shape index (κ3) is 5.11. The summed E-state index contributed by atoms with van der Waals surface area (Å²) in [7, 11) is 5.26. The maximum absolute atomic E-state index is 5.42. The van der Waals surface area contributed by atoms with Crippen molar-refractivity contribution < 1.29 is 9.47 Å². The first-order valence-corrected chi connectivity index (χ1v) is 9.18. The summed E-state index contributed by atoms with van der Waals surface area (Å²) in [4.78, 5) is 4.33. The number of ether oxygens (including phenoxy) is 2. The van der Waals surface area contributed by atoms with Crippen LogP contribution in [0.3, 0.4) is 0 Å². The van der Waals surface area contributed by atoms with Gasteiger partial charge in [-0.2, -0.15) is 0 Å². The lowest BCUT2D eigenvalue weighted by molar-refractivity contribution is 0.0732. The summed E-state index contributed by atoms with van der Waals surface area (Å²) in [6.07, 6.45) is 4.94. The van der Waals surface area contributed by atoms with E-state index < -0.39 is 0 Å². The van der Waals surface area contributed by atoms with Gasteiger partial charge in [-0.05, 0) is 42.9 Å². The van der Waals surface area contributed by atoms with E-state index in [4.69, 9.17) is 9.47 Å². The third-order valence-corrected chi connectivity index (χ3v) is 5.29. The molecule has 1 aromatic carbocycles. The molecule has 0 unspecified atom stereocenters. The van der Waals surface area contributed by atoms with Crippen LogP contribution in [0, 0.1) is 5.41 Å². The molecule has 1 aromatic rings. The summed E-state index contributed by atoms with van der Waals surface area (Å²) in [6, 6.07) is 6.00. The first-order chi connectivity index (χ1) is 11.6. The second kappa shape index (κ2) is 9.28. The van der Waals surface area contributed by atoms with Crippen molar-refractivity contribution in [3.8, 4) is 5.75 Å². The van der Waals surface area contributed by atoms with Crippen molar-refractivity contribution in [2.24, 2.45) is 10.4 Å². The van der Waals surface area contributed by atoms with Crippen molar-refractivity contribution >= 4 is 21.9 Å². The van der Waals surface area contributed by atoms with Gasteiger partial charge in [0.25, 0.3) is 0 Å². The van der Waals surface area contributed by atoms with Gasteiger partial charge in [-0.1, -0.05) is 22.4 Å². The molecular weight excluding hydrogens is 370 g/mol. The molecular formula is C18H28BrN3O2. The molecule has 0 heterocycles. The van der Waals surface area contributed by atoms with E-state index in [1.165, 1.54) is 19.3 Å². The van der Waals surface area contributed by atoms with Gasteiger partial charge in [0, 0.05) is 43.9 Å². The summed E-state index contributed by atoms with van der Waals surface area (Å²) >= 11 is 3.51. The van der Waals surface area contributed by atoms with E-state index in [1.54, 1.807) is 21.3 Å². The highest BCUT2D eigenvalue weighted by Crippen LogP contribution is 2.43. The second-order valence-corrected chi connectivity index (χ2v) is 7.25. The lowest BCUT2D eigenvalue weighted by Gasteiger charge is -2.42. The third-order valence-electron chi connectivity index (χ3n) is 4.79. The molecule has 0 bridgehead atoms. The highest BCUT2D eigenvalue weighted by molar-refractivity contribution is 9.10. The first-order valence-electron chi connectivity index (χ1n) is 8.38. The number of halogens is 1. The average molecular weight is 398 g/mol. The molecule has 6 heteroatoms. The van der Waals surface area contributed by atoms with E-state index in [0.717, 1.165) is 41.3 Å². The molecule has 0 radical (unpaired) electrons. The van der Waals surface area contributed by atoms with Crippen molar-refractivity contribution in [2.75, 3.05) is 34.4 Å². The monoisotopic (exact) mass is 397 g/mol. The van der Waals surface area contributed by atoms with Crippen molar-refractivity contribution in [1.29, 1.82) is 0 Å². The maximum Gasteiger partial charge on any atom is 0.191 e. The summed E-state index contributed by atoms with van der Waals surface area (Å²) in [5.41, 5.74) is 1.45. The van der Waals surface area contributed by atoms with Crippen LogP contribution in [0.2, 0.25) is 0 Å². The summed E-state index contributed by atoms with van der Waals surface area (Å²) in [5.74, 6) is 1.69. The topological polar surface area (TPSA) is 54.9 Å². The molecule has 1 saturated carbocycles. The van der Waals surface area contributed by atoms with Gasteiger partial charge in [-0.25, -0.2) is 0 Å². The van der Waals surface area contributed by atoms with Crippen LogP contribution in [-0.2, 0) is 11.3 Å². The fourth-order valence-corrected chi connectivity index (χ4v) is 3.48. The fraction of sp³-hybridized carbons (Fsp3) is 0.611. The number of aliphatic imine (C=N–C) groups is 1. The van der Waals surface area contributed by atoms with E-state index in [2.05, 4.69) is 37.6 Å². The molecule has 5 nitrogen and oxygen atoms in total. The molecule has 134 valence electrons. The summed E-state index contributed by atoms with van der Waals surface area (Å²) in [5, 5.41) is 6.85. The lowest BCUT2D eigenvalue weighted by Crippen LogP contribution is -2.46. The van der Waals surface area contributed by atoms with E-state index in [-0.39, 0.29) is 0 Å². The highest BCUT2D eigenvalue weighted by Gasteiger charge is 2.36. The predicted octanol–water partition coefficient (Wildman–Crippen LogP) is 3.33. The number of hydrogen-bond donors (Lipinski definition) is 2. The maximum atomic E-state index is 5.42. The Bertz CT molecular complexity index is 559. The number of rotatable bonds is 8. The minimum absolute atomic E-state index is 0.362. The van der Waals surface area contributed by atoms with Crippen LogP contribution in [0.4, 0.5) is 0 Å². The van der Waals surface area contributed by atoms with Gasteiger partial charge in [0.05, 0.1) is 7.11 Å². The molecule has 2 rings (SSSR count). The molecule has 1 fully saturated rings. The lowest BCUT2D eigenvalue weighted by atomic mass is 9.67. The number of nitrogens with zero attached hydrogens (tertiary/aromatic N) is 1. The Morgan fingerprint density at radius 1 is 1.29 bits per heavy atom. The quantitative estimate of drug-likeness (QED) is 0.521. The Morgan fingerprint density at radius 3 is 2.67 bits per heavy atom. The van der Waals surface area contributed by atoms with Gasteiger partial charge < -0.3 is 20.1 Å². The molecule has 0 atom stereocenters. The number of hydrogen-bond acceptors (Lipinski definition) is 3. The fourth-order valence-electron chi connectivity index (χ4n) is 3.07. The molecule has 0 aromatic heterocycles. The Balaban J connectivity index is 1.88. The van der Waals surface area contributed by atoms with Gasteiger partial charge in [-0.3, -0.25) is 4.99 Å². The van der Waals surface area contributed by atoms with Crippen molar-refractivity contribution in [2.45, 2.75) is 32.2 Å². The Morgan fingerprint density at radius 2 is 2.08 bits per heavy atom. The minimum Gasteiger partial charge on any atom is -0.496 e. The zero-order valence-electron chi connectivity index (χ0n) is 14.8. The van der Waals surface area contributed by atoms with Crippen LogP contribution in [0.15, 0.2) is 27.7 Å². The van der Waals surface area contributed by atoms with Crippen molar-refractivity contribution in [1.82, 2.24) is 10.6 Å². The largest absolute Gasteiger partial charge is 0.496 e. The zero-order chi connectivity index (χ0) is 17.4. The van der Waals surface area contributed by atoms with Gasteiger partial charge in [0.2, 0.25) is 0 Å². The van der Waals surface area contributed by atoms with Crippen LogP contribution >= 0.6 is 15.9 Å². The normalized spacial score (nSPS) is 16.4. The smallest absolute Gasteiger partial charge is 0.191 e. The molecule has 1 aliphatic rings. The predicted molar refractivity (Wildman–Crippen MR) is 102 cm³/mol. The van der Waals surface area contributed by atoms with Gasteiger partial charge >= 0.3 is 0 Å². The van der Waals surface area contributed by atoms with Gasteiger partial charge in [0.15, 0.2) is 5.96 Å². The highest BCUT2D eigenvalue weighted by atomic mass is 79.9. The first kappa shape index (κ1) is 19.1. The molecule has 0 amide bonds. The molecule has 2 N–H and O–H groups in total. The van der Waals surface area contributed by atoms with E-state index in [9.17, 15) is 0 Å². The van der Waals surface area contributed by atoms with Crippen LogP contribution in [-0.4, -0.2) is 40.4 Å². The standard InChI is InChI=1S/C18H28BrN3O2/c1-20-17(22-13-18(7-4-8-18)9-10-23-2)21-12-14-11-15(19)5-6-16(14)24-3/h5-6,11H,4,7-10,12-13H2,1-3H3,(H2,20,21,22). The zero-order valence-corrected chi connectivity index (χ0v) is 16.4. The number of nitrogens with one attached hydrogen (secondary N) is 2. The van der Waals surface area contributed by atoms with Crippen LogP contribution in [0.5, 0.6) is 5.75 Å². The van der Waals surface area contributed by atoms with E-state index in [1.807, 2.05) is 12.1 Å². The van der Waals surface area contributed by atoms with Crippen molar-refractivity contribution in [3.05, 3.63) is 28.2 Å². The van der Waals surface area contributed by atoms with Crippen LogP contribution < -0.4 is 15.4 Å². The Hall–Kier alpha value is -1.27. The molecule has 1 aliphatic carbocycles. The number of guanidine groups is 1. The van der Waals surface area contributed by atoms with Crippen LogP contribution in [0.25, 0.3) is 0 Å². The number of benzene rings is 1. The van der Waals surface area contributed by atoms with Crippen molar-refractivity contribution in [3.63, 3.8) is 0 Å². The summed E-state index contributed by atoms with van der Waals surface area (Å²) in [6.45, 7) is 2.42. The molecule has 24 heavy (non-hydrogen) atoms. The minimum atomic E-state index is 0.362. The van der Waals surface area contributed by atoms with Crippen LogP contribution in [0.1, 0.15) is 31.2 Å². The Labute approximate surface area is 153 Å². The average Bonchev–Trinajstić information content (AvgIpc) is 2.56. The van der Waals surface area contributed by atoms with Gasteiger partial charge in [-0.15, -0.1) is 0 Å². The Kier molecular flexibility index (Phi) is 7.37. The van der Waals surface area contributed by atoms with E-state index in [0.29, 0.717) is 12.0 Å².